The number of carbonyl (C=O) groups is 1. The third-order valence-electron chi connectivity index (χ3n) is 6.40. The van der Waals surface area contributed by atoms with Crippen LogP contribution in [0.3, 0.4) is 0 Å². The van der Waals surface area contributed by atoms with E-state index >= 15 is 0 Å². The van der Waals surface area contributed by atoms with E-state index in [1.54, 1.807) is 24.4 Å². The number of nitrogens with one attached hydrogen (secondary N) is 1. The molecule has 2 aromatic heterocycles. The van der Waals surface area contributed by atoms with Gasteiger partial charge in [0.2, 0.25) is 0 Å². The molecule has 2 fully saturated rings. The molecule has 2 atom stereocenters. The summed E-state index contributed by atoms with van der Waals surface area (Å²) in [5.74, 6) is -1.56. The van der Waals surface area contributed by atoms with Crippen molar-refractivity contribution in [1.82, 2.24) is 19.8 Å². The summed E-state index contributed by atoms with van der Waals surface area (Å²) in [5.41, 5.74) is 0.595. The van der Waals surface area contributed by atoms with E-state index in [4.69, 9.17) is 4.74 Å². The number of hydrogen-bond donors (Lipinski definition) is 2. The first-order valence-electron chi connectivity index (χ1n) is 10.7. The maximum atomic E-state index is 13.3. The fourth-order valence-electron chi connectivity index (χ4n) is 4.68. The summed E-state index contributed by atoms with van der Waals surface area (Å²) in [7, 11) is 0. The molecule has 5 rings (SSSR count). The lowest BCUT2D eigenvalue weighted by molar-refractivity contribution is -0.127. The Bertz CT molecular complexity index is 1290. The molecular weight excluding hydrogens is 427 g/mol. The minimum absolute atomic E-state index is 0.262. The lowest BCUT2D eigenvalue weighted by atomic mass is 9.91. The number of ether oxygens (including phenoxy) is 1. The van der Waals surface area contributed by atoms with Crippen molar-refractivity contribution < 1.29 is 19.0 Å². The van der Waals surface area contributed by atoms with Gasteiger partial charge >= 0.3 is 0 Å². The summed E-state index contributed by atoms with van der Waals surface area (Å²) in [4.78, 5) is 32.6. The van der Waals surface area contributed by atoms with Gasteiger partial charge in [0, 0.05) is 36.9 Å². The summed E-state index contributed by atoms with van der Waals surface area (Å²) >= 11 is 0. The van der Waals surface area contributed by atoms with Crippen molar-refractivity contribution in [3.05, 3.63) is 71.0 Å². The maximum absolute atomic E-state index is 13.3. The van der Waals surface area contributed by atoms with Crippen LogP contribution in [0.5, 0.6) is 5.75 Å². The van der Waals surface area contributed by atoms with Crippen LogP contribution in [0.2, 0.25) is 0 Å². The molecular formula is C24H23FN4O4. The van der Waals surface area contributed by atoms with Crippen LogP contribution < -0.4 is 10.9 Å². The van der Waals surface area contributed by atoms with E-state index in [0.29, 0.717) is 49.5 Å². The molecule has 3 aromatic rings. The highest BCUT2D eigenvalue weighted by Gasteiger charge is 2.41. The summed E-state index contributed by atoms with van der Waals surface area (Å²) < 4.78 is 20.3. The third-order valence-corrected chi connectivity index (χ3v) is 6.40. The smallest absolute Gasteiger partial charge is 0.268 e. The van der Waals surface area contributed by atoms with Gasteiger partial charge in [0.05, 0.1) is 18.6 Å². The summed E-state index contributed by atoms with van der Waals surface area (Å²) in [5, 5.41) is 13.5. The standard InChI is InChI=1S/C24H23FN4O4/c1-2-26-23(31)20-21(30)19-9-15(14-3-5-16(25)6-4-14)11-27-22(19)29(24(20)32)8-7-28-17-10-18(28)13-33-12-17/h2-6,9,11,17-18,30H,1,7-8,10,12-13H2,(H,26,31). The minimum atomic E-state index is -0.746. The summed E-state index contributed by atoms with van der Waals surface area (Å²) in [6.45, 7) is 5.71. The number of carbonyl (C=O) groups excluding carboxylic acids is 1. The van der Waals surface area contributed by atoms with E-state index in [9.17, 15) is 19.1 Å². The lowest BCUT2D eigenvalue weighted by Gasteiger charge is -2.52. The number of aromatic hydroxyl groups is 1. The molecule has 2 N–H and O–H groups in total. The first-order valence-corrected chi connectivity index (χ1v) is 10.7. The Morgan fingerprint density at radius 1 is 1.24 bits per heavy atom. The molecule has 2 unspecified atom stereocenters. The molecule has 0 aliphatic carbocycles. The topological polar surface area (TPSA) is 96.7 Å². The Kier molecular flexibility index (Phi) is 5.43. The number of nitrogens with zero attached hydrogens (tertiary/aromatic N) is 3. The Balaban J connectivity index is 1.60. The zero-order valence-corrected chi connectivity index (χ0v) is 17.8. The van der Waals surface area contributed by atoms with Crippen LogP contribution in [0.1, 0.15) is 16.8 Å². The average molecular weight is 450 g/mol. The van der Waals surface area contributed by atoms with E-state index in [-0.39, 0.29) is 22.4 Å². The summed E-state index contributed by atoms with van der Waals surface area (Å²) in [6, 6.07) is 8.18. The van der Waals surface area contributed by atoms with Crippen molar-refractivity contribution in [3.63, 3.8) is 0 Å². The predicted octanol–water partition coefficient (Wildman–Crippen LogP) is 2.25. The fraction of sp³-hybridized carbons (Fsp3) is 0.292. The second-order valence-electron chi connectivity index (χ2n) is 8.28. The van der Waals surface area contributed by atoms with Crippen LogP contribution in [0.4, 0.5) is 4.39 Å². The Morgan fingerprint density at radius 3 is 2.64 bits per heavy atom. The normalized spacial score (nSPS) is 19.8. The second kappa shape index (κ2) is 8.42. The van der Waals surface area contributed by atoms with Gasteiger partial charge in [-0.25, -0.2) is 9.37 Å². The number of halogens is 1. The van der Waals surface area contributed by atoms with Crippen LogP contribution in [0, 0.1) is 5.82 Å². The van der Waals surface area contributed by atoms with Gasteiger partial charge in [-0.1, -0.05) is 18.7 Å². The number of hydrogen-bond acceptors (Lipinski definition) is 6. The fourth-order valence-corrected chi connectivity index (χ4v) is 4.68. The predicted molar refractivity (Wildman–Crippen MR) is 120 cm³/mol. The van der Waals surface area contributed by atoms with Gasteiger partial charge in [0.1, 0.15) is 22.8 Å². The first-order chi connectivity index (χ1) is 16.0. The van der Waals surface area contributed by atoms with Gasteiger partial charge in [-0.15, -0.1) is 0 Å². The number of rotatable bonds is 6. The van der Waals surface area contributed by atoms with Gasteiger partial charge < -0.3 is 15.2 Å². The molecule has 2 saturated heterocycles. The second-order valence-corrected chi connectivity index (χ2v) is 8.28. The average Bonchev–Trinajstić information content (AvgIpc) is 2.82. The zero-order valence-electron chi connectivity index (χ0n) is 17.8. The van der Waals surface area contributed by atoms with Crippen molar-refractivity contribution in [2.45, 2.75) is 25.0 Å². The van der Waals surface area contributed by atoms with E-state index < -0.39 is 17.2 Å². The molecule has 170 valence electrons. The van der Waals surface area contributed by atoms with Crippen LogP contribution in [0.15, 0.2) is 54.1 Å². The monoisotopic (exact) mass is 450 g/mol. The number of morpholine rings is 1. The summed E-state index contributed by atoms with van der Waals surface area (Å²) in [6.07, 6.45) is 3.81. The van der Waals surface area contributed by atoms with Gasteiger partial charge in [-0.05, 0) is 36.4 Å². The van der Waals surface area contributed by atoms with Crippen LogP contribution in [-0.4, -0.2) is 57.3 Å². The minimum Gasteiger partial charge on any atom is -0.506 e. The van der Waals surface area contributed by atoms with Gasteiger partial charge in [-0.3, -0.25) is 19.1 Å². The van der Waals surface area contributed by atoms with Crippen LogP contribution in [-0.2, 0) is 11.3 Å². The largest absolute Gasteiger partial charge is 0.506 e. The number of fused-ring (bicyclic) bond motifs is 3. The number of aromatic nitrogens is 2. The molecule has 2 bridgehead atoms. The highest BCUT2D eigenvalue weighted by atomic mass is 19.1. The Morgan fingerprint density at radius 2 is 1.97 bits per heavy atom. The molecule has 1 aromatic carbocycles. The van der Waals surface area contributed by atoms with Crippen LogP contribution in [0.25, 0.3) is 22.2 Å². The van der Waals surface area contributed by atoms with Gasteiger partial charge in [0.15, 0.2) is 0 Å². The lowest BCUT2D eigenvalue weighted by Crippen LogP contribution is -2.64. The quantitative estimate of drug-likeness (QED) is 0.598. The van der Waals surface area contributed by atoms with E-state index in [2.05, 4.69) is 21.8 Å². The van der Waals surface area contributed by atoms with Crippen molar-refractivity contribution in [2.24, 2.45) is 0 Å². The molecule has 0 saturated carbocycles. The van der Waals surface area contributed by atoms with Crippen molar-refractivity contribution in [1.29, 1.82) is 0 Å². The Hall–Kier alpha value is -3.56. The number of amides is 1. The molecule has 2 aliphatic rings. The van der Waals surface area contributed by atoms with E-state index in [1.165, 1.54) is 16.7 Å². The van der Waals surface area contributed by atoms with Crippen molar-refractivity contribution >= 4 is 16.9 Å². The molecule has 9 heteroatoms. The Labute approximate surface area is 188 Å². The van der Waals surface area contributed by atoms with E-state index in [1.807, 2.05) is 0 Å². The zero-order chi connectivity index (χ0) is 23.1. The van der Waals surface area contributed by atoms with Crippen molar-refractivity contribution in [2.75, 3.05) is 19.8 Å². The van der Waals surface area contributed by atoms with Crippen LogP contribution >= 0.6 is 0 Å². The SMILES string of the molecule is C=CNC(=O)c1c(O)c2cc(-c3ccc(F)cc3)cnc2n(CCN2C3COCC2C3)c1=O. The third kappa shape index (κ3) is 3.69. The van der Waals surface area contributed by atoms with Gasteiger partial charge in [0.25, 0.3) is 11.5 Å². The molecule has 0 radical (unpaired) electrons. The maximum Gasteiger partial charge on any atom is 0.268 e. The molecule has 2 aliphatic heterocycles. The molecule has 33 heavy (non-hydrogen) atoms. The van der Waals surface area contributed by atoms with Crippen molar-refractivity contribution in [3.8, 4) is 16.9 Å². The number of pyridine rings is 2. The molecule has 4 heterocycles. The number of benzene rings is 1. The van der Waals surface area contributed by atoms with E-state index in [0.717, 1.165) is 12.6 Å². The molecule has 0 spiro atoms. The van der Waals surface area contributed by atoms with Gasteiger partial charge in [-0.2, -0.15) is 0 Å². The molecule has 1 amide bonds. The molecule has 8 nitrogen and oxygen atoms in total. The highest BCUT2D eigenvalue weighted by molar-refractivity contribution is 6.02. The highest BCUT2D eigenvalue weighted by Crippen LogP contribution is 2.32. The first kappa shape index (κ1) is 21.3.